The Bertz CT molecular complexity index is 941. The fourth-order valence-electron chi connectivity index (χ4n) is 2.09. The fourth-order valence-corrected chi connectivity index (χ4v) is 3.27. The van der Waals surface area contributed by atoms with Crippen LogP contribution in [-0.2, 0) is 9.05 Å². The van der Waals surface area contributed by atoms with Crippen molar-refractivity contribution in [1.82, 2.24) is 4.98 Å². The van der Waals surface area contributed by atoms with Gasteiger partial charge in [0.1, 0.15) is 0 Å². The number of halogens is 2. The summed E-state index contributed by atoms with van der Waals surface area (Å²) < 4.78 is 23.8. The van der Waals surface area contributed by atoms with E-state index in [9.17, 15) is 8.42 Å². The average molecular weight is 383 g/mol. The predicted octanol–water partition coefficient (Wildman–Crippen LogP) is 4.59. The largest absolute Gasteiger partial charge is 0.261 e. The number of hydrogen-bond acceptors (Lipinski definition) is 3. The maximum absolute atomic E-state index is 11.4. The van der Waals surface area contributed by atoms with Gasteiger partial charge in [-0.15, -0.1) is 0 Å². The van der Waals surface area contributed by atoms with E-state index in [1.54, 1.807) is 12.3 Å². The molecule has 6 heteroatoms. The maximum Gasteiger partial charge on any atom is 0.261 e. The molecule has 3 aromatic rings. The van der Waals surface area contributed by atoms with Crippen molar-refractivity contribution in [3.05, 3.63) is 59.2 Å². The van der Waals surface area contributed by atoms with Crippen LogP contribution in [0.4, 0.5) is 0 Å². The van der Waals surface area contributed by atoms with E-state index in [2.05, 4.69) is 20.9 Å². The molecule has 1 aromatic heterocycles. The second-order valence-electron chi connectivity index (χ2n) is 4.53. The van der Waals surface area contributed by atoms with Crippen LogP contribution in [0.15, 0.2) is 64.1 Å². The van der Waals surface area contributed by atoms with E-state index in [1.165, 1.54) is 12.1 Å². The van der Waals surface area contributed by atoms with E-state index in [4.69, 9.17) is 10.7 Å². The standard InChI is InChI=1S/C15H9BrClNO2S/c16-13-3-1-2-10(7-13)12-6-11-8-14(21(17,19)20)4-5-15(11)18-9-12/h1-9H. The number of fused-ring (bicyclic) bond motifs is 1. The molecule has 0 N–H and O–H groups in total. The summed E-state index contributed by atoms with van der Waals surface area (Å²) >= 11 is 3.43. The number of rotatable bonds is 2. The number of nitrogens with zero attached hydrogens (tertiary/aromatic N) is 1. The Kier molecular flexibility index (Phi) is 3.73. The van der Waals surface area contributed by atoms with Crippen molar-refractivity contribution < 1.29 is 8.42 Å². The van der Waals surface area contributed by atoms with Gasteiger partial charge in [-0.25, -0.2) is 8.42 Å². The molecule has 0 aliphatic heterocycles. The molecular weight excluding hydrogens is 374 g/mol. The molecule has 0 saturated heterocycles. The summed E-state index contributed by atoms with van der Waals surface area (Å²) in [5.74, 6) is 0. The van der Waals surface area contributed by atoms with E-state index >= 15 is 0 Å². The molecule has 0 aliphatic carbocycles. The van der Waals surface area contributed by atoms with Crippen molar-refractivity contribution in [3.8, 4) is 11.1 Å². The quantitative estimate of drug-likeness (QED) is 0.609. The summed E-state index contributed by atoms with van der Waals surface area (Å²) in [6.45, 7) is 0. The smallest absolute Gasteiger partial charge is 0.256 e. The van der Waals surface area contributed by atoms with Gasteiger partial charge in [0.25, 0.3) is 9.05 Å². The van der Waals surface area contributed by atoms with Crippen LogP contribution in [-0.4, -0.2) is 13.4 Å². The molecule has 21 heavy (non-hydrogen) atoms. The molecule has 1 heterocycles. The molecule has 0 fully saturated rings. The van der Waals surface area contributed by atoms with E-state index in [0.717, 1.165) is 26.5 Å². The van der Waals surface area contributed by atoms with Crippen molar-refractivity contribution in [2.24, 2.45) is 0 Å². The van der Waals surface area contributed by atoms with Crippen LogP contribution < -0.4 is 0 Å². The Hall–Kier alpha value is -1.43. The van der Waals surface area contributed by atoms with Crippen LogP contribution in [0, 0.1) is 0 Å². The molecule has 0 atom stereocenters. The lowest BCUT2D eigenvalue weighted by molar-refractivity contribution is 0.609. The fraction of sp³-hybridized carbons (Fsp3) is 0. The summed E-state index contributed by atoms with van der Waals surface area (Å²) in [7, 11) is 1.64. The van der Waals surface area contributed by atoms with E-state index in [-0.39, 0.29) is 4.90 Å². The molecular formula is C15H9BrClNO2S. The molecule has 3 rings (SSSR count). The monoisotopic (exact) mass is 381 g/mol. The van der Waals surface area contributed by atoms with Gasteiger partial charge in [0.15, 0.2) is 0 Å². The van der Waals surface area contributed by atoms with Crippen LogP contribution in [0.2, 0.25) is 0 Å². The van der Waals surface area contributed by atoms with Crippen LogP contribution >= 0.6 is 26.6 Å². The molecule has 0 radical (unpaired) electrons. The van der Waals surface area contributed by atoms with Crippen LogP contribution in [0.3, 0.4) is 0 Å². The normalized spacial score (nSPS) is 11.7. The minimum Gasteiger partial charge on any atom is -0.256 e. The summed E-state index contributed by atoms with van der Waals surface area (Å²) in [5.41, 5.74) is 2.63. The summed E-state index contributed by atoms with van der Waals surface area (Å²) in [6.07, 6.45) is 1.76. The number of benzene rings is 2. The molecule has 0 unspecified atom stereocenters. The lowest BCUT2D eigenvalue weighted by Gasteiger charge is -2.05. The van der Waals surface area contributed by atoms with Crippen LogP contribution in [0.25, 0.3) is 22.0 Å². The average Bonchev–Trinajstić information content (AvgIpc) is 2.45. The van der Waals surface area contributed by atoms with Gasteiger partial charge >= 0.3 is 0 Å². The van der Waals surface area contributed by atoms with Gasteiger partial charge in [0.05, 0.1) is 10.4 Å². The first-order valence-corrected chi connectivity index (χ1v) is 9.14. The molecule has 0 saturated carbocycles. The van der Waals surface area contributed by atoms with Crippen molar-refractivity contribution in [1.29, 1.82) is 0 Å². The van der Waals surface area contributed by atoms with Crippen molar-refractivity contribution >= 4 is 46.6 Å². The molecule has 2 aromatic carbocycles. The second-order valence-corrected chi connectivity index (χ2v) is 8.01. The zero-order valence-electron chi connectivity index (χ0n) is 10.6. The van der Waals surface area contributed by atoms with E-state index in [1.807, 2.05) is 30.3 Å². The third kappa shape index (κ3) is 3.10. The lowest BCUT2D eigenvalue weighted by atomic mass is 10.1. The molecule has 0 spiro atoms. The number of hydrogen-bond donors (Lipinski definition) is 0. The minimum atomic E-state index is -3.74. The van der Waals surface area contributed by atoms with Crippen molar-refractivity contribution in [3.63, 3.8) is 0 Å². The maximum atomic E-state index is 11.4. The van der Waals surface area contributed by atoms with Crippen molar-refractivity contribution in [2.45, 2.75) is 4.90 Å². The SMILES string of the molecule is O=S(=O)(Cl)c1ccc2ncc(-c3cccc(Br)c3)cc2c1. The van der Waals surface area contributed by atoms with Gasteiger partial charge < -0.3 is 0 Å². The van der Waals surface area contributed by atoms with E-state index in [0.29, 0.717) is 0 Å². The highest BCUT2D eigenvalue weighted by molar-refractivity contribution is 9.10. The Morgan fingerprint density at radius 1 is 1.00 bits per heavy atom. The second kappa shape index (κ2) is 5.40. The first-order valence-electron chi connectivity index (χ1n) is 6.04. The number of pyridine rings is 1. The molecule has 0 bridgehead atoms. The van der Waals surface area contributed by atoms with Crippen molar-refractivity contribution in [2.75, 3.05) is 0 Å². The first-order chi connectivity index (χ1) is 9.93. The molecule has 106 valence electrons. The molecule has 0 amide bonds. The zero-order valence-corrected chi connectivity index (χ0v) is 13.8. The lowest BCUT2D eigenvalue weighted by Crippen LogP contribution is -1.91. The Balaban J connectivity index is 2.19. The zero-order chi connectivity index (χ0) is 15.0. The van der Waals surface area contributed by atoms with Gasteiger partial charge in [0.2, 0.25) is 0 Å². The van der Waals surface area contributed by atoms with Crippen LogP contribution in [0.1, 0.15) is 0 Å². The van der Waals surface area contributed by atoms with Gasteiger partial charge in [-0.1, -0.05) is 28.1 Å². The third-order valence-electron chi connectivity index (χ3n) is 3.09. The highest BCUT2D eigenvalue weighted by Gasteiger charge is 2.11. The first kappa shape index (κ1) is 14.5. The predicted molar refractivity (Wildman–Crippen MR) is 87.9 cm³/mol. The number of aromatic nitrogens is 1. The summed E-state index contributed by atoms with van der Waals surface area (Å²) in [6, 6.07) is 14.4. The topological polar surface area (TPSA) is 47.0 Å². The van der Waals surface area contributed by atoms with Gasteiger partial charge in [0, 0.05) is 32.3 Å². The highest BCUT2D eigenvalue weighted by Crippen LogP contribution is 2.27. The third-order valence-corrected chi connectivity index (χ3v) is 4.94. The Morgan fingerprint density at radius 2 is 1.81 bits per heavy atom. The summed E-state index contributed by atoms with van der Waals surface area (Å²) in [4.78, 5) is 4.43. The molecule has 3 nitrogen and oxygen atoms in total. The Morgan fingerprint density at radius 3 is 2.52 bits per heavy atom. The minimum absolute atomic E-state index is 0.0739. The summed E-state index contributed by atoms with van der Waals surface area (Å²) in [5, 5.41) is 0.731. The van der Waals surface area contributed by atoms with Gasteiger partial charge in [-0.05, 0) is 42.0 Å². The van der Waals surface area contributed by atoms with E-state index < -0.39 is 9.05 Å². The van der Waals surface area contributed by atoms with Crippen LogP contribution in [0.5, 0.6) is 0 Å². The van der Waals surface area contributed by atoms with Gasteiger partial charge in [-0.2, -0.15) is 0 Å². The van der Waals surface area contributed by atoms with Gasteiger partial charge in [-0.3, -0.25) is 4.98 Å². The highest BCUT2D eigenvalue weighted by atomic mass is 79.9. The molecule has 0 aliphatic rings. The Labute approximate surface area is 135 Å².